The molecule has 31 heavy (non-hydrogen) atoms. The number of aromatic nitrogens is 2. The van der Waals surface area contributed by atoms with E-state index in [2.05, 4.69) is 15.5 Å². The third-order valence-electron chi connectivity index (χ3n) is 5.18. The van der Waals surface area contributed by atoms with Gasteiger partial charge < -0.3 is 14.7 Å². The fraction of sp³-hybridized carbons (Fsp3) is 0.273. The number of likely N-dealkylation sites (tertiary alicyclic amines) is 1. The third kappa shape index (κ3) is 4.76. The standard InChI is InChI=1S/C22H20F2N4O3/c1-13-2-5-15(8-18(13)24)22(30)25-10-19-26-21(27-31-19)16-9-20(29)28(12-16)11-14-3-6-17(23)7-4-14/h2-8,16H,9-12H2,1H3,(H,25,30)/t16-/m0/s1. The largest absolute Gasteiger partial charge is 0.343 e. The monoisotopic (exact) mass is 426 g/mol. The van der Waals surface area contributed by atoms with Gasteiger partial charge in [-0.2, -0.15) is 4.98 Å². The fourth-order valence-electron chi connectivity index (χ4n) is 3.41. The second-order valence-corrected chi connectivity index (χ2v) is 7.49. The lowest BCUT2D eigenvalue weighted by Gasteiger charge is -2.16. The smallest absolute Gasteiger partial charge is 0.251 e. The predicted molar refractivity (Wildman–Crippen MR) is 106 cm³/mol. The Labute approximate surface area is 177 Å². The highest BCUT2D eigenvalue weighted by Gasteiger charge is 2.33. The topological polar surface area (TPSA) is 88.3 Å². The number of hydrogen-bond donors (Lipinski definition) is 1. The normalized spacial score (nSPS) is 16.0. The minimum atomic E-state index is -0.458. The van der Waals surface area contributed by atoms with Gasteiger partial charge in [-0.25, -0.2) is 8.78 Å². The van der Waals surface area contributed by atoms with Crippen molar-refractivity contribution in [2.24, 2.45) is 0 Å². The molecule has 0 radical (unpaired) electrons. The van der Waals surface area contributed by atoms with Gasteiger partial charge >= 0.3 is 0 Å². The summed E-state index contributed by atoms with van der Waals surface area (Å²) in [6.07, 6.45) is 0.245. The van der Waals surface area contributed by atoms with E-state index in [1.807, 2.05) is 0 Å². The number of aryl methyl sites for hydroxylation is 1. The Bertz CT molecular complexity index is 1110. The summed E-state index contributed by atoms with van der Waals surface area (Å²) >= 11 is 0. The van der Waals surface area contributed by atoms with Gasteiger partial charge in [0.15, 0.2) is 5.82 Å². The second-order valence-electron chi connectivity index (χ2n) is 7.49. The molecular formula is C22H20F2N4O3. The molecule has 1 saturated heterocycles. The van der Waals surface area contributed by atoms with Crippen LogP contribution >= 0.6 is 0 Å². The minimum absolute atomic E-state index is 0.0126. The number of benzene rings is 2. The molecule has 2 aromatic carbocycles. The van der Waals surface area contributed by atoms with Gasteiger partial charge in [0.2, 0.25) is 11.8 Å². The molecule has 1 atom stereocenters. The van der Waals surface area contributed by atoms with Crippen LogP contribution in [0.15, 0.2) is 47.0 Å². The zero-order valence-electron chi connectivity index (χ0n) is 16.8. The maximum absolute atomic E-state index is 13.6. The molecule has 1 aromatic heterocycles. The van der Waals surface area contributed by atoms with Crippen molar-refractivity contribution in [2.45, 2.75) is 32.4 Å². The van der Waals surface area contributed by atoms with Crippen molar-refractivity contribution >= 4 is 11.8 Å². The molecule has 4 rings (SSSR count). The maximum atomic E-state index is 13.6. The highest BCUT2D eigenvalue weighted by molar-refractivity contribution is 5.94. The van der Waals surface area contributed by atoms with E-state index in [1.165, 1.54) is 30.3 Å². The number of rotatable bonds is 6. The van der Waals surface area contributed by atoms with E-state index in [-0.39, 0.29) is 42.1 Å². The lowest BCUT2D eigenvalue weighted by atomic mass is 10.1. The number of nitrogens with zero attached hydrogens (tertiary/aromatic N) is 3. The van der Waals surface area contributed by atoms with Gasteiger partial charge in [0, 0.05) is 31.0 Å². The highest BCUT2D eigenvalue weighted by Crippen LogP contribution is 2.27. The molecule has 0 bridgehead atoms. The summed E-state index contributed by atoms with van der Waals surface area (Å²) in [7, 11) is 0. The summed E-state index contributed by atoms with van der Waals surface area (Å²) in [5, 5.41) is 6.55. The van der Waals surface area contributed by atoms with Crippen LogP contribution in [-0.4, -0.2) is 33.4 Å². The Hall–Kier alpha value is -3.62. The Morgan fingerprint density at radius 2 is 2.00 bits per heavy atom. The number of hydrogen-bond acceptors (Lipinski definition) is 5. The van der Waals surface area contributed by atoms with Crippen molar-refractivity contribution in [1.82, 2.24) is 20.4 Å². The van der Waals surface area contributed by atoms with Crippen LogP contribution in [0.4, 0.5) is 8.78 Å². The highest BCUT2D eigenvalue weighted by atomic mass is 19.1. The molecule has 0 unspecified atom stereocenters. The first-order valence-corrected chi connectivity index (χ1v) is 9.78. The number of amides is 2. The predicted octanol–water partition coefficient (Wildman–Crippen LogP) is 3.10. The van der Waals surface area contributed by atoms with Gasteiger partial charge in [0.05, 0.1) is 6.54 Å². The molecule has 0 aliphatic carbocycles. The molecule has 2 amide bonds. The van der Waals surface area contributed by atoms with Gasteiger partial charge in [-0.05, 0) is 42.3 Å². The quantitative estimate of drug-likeness (QED) is 0.654. The molecule has 7 nitrogen and oxygen atoms in total. The van der Waals surface area contributed by atoms with Gasteiger partial charge in [-0.15, -0.1) is 0 Å². The van der Waals surface area contributed by atoms with Crippen LogP contribution in [0.2, 0.25) is 0 Å². The number of carbonyl (C=O) groups is 2. The van der Waals surface area contributed by atoms with Gasteiger partial charge in [-0.3, -0.25) is 9.59 Å². The maximum Gasteiger partial charge on any atom is 0.251 e. The summed E-state index contributed by atoms with van der Waals surface area (Å²) in [5.74, 6) is -0.930. The molecule has 1 N–H and O–H groups in total. The summed E-state index contributed by atoms with van der Waals surface area (Å²) in [4.78, 5) is 30.5. The zero-order chi connectivity index (χ0) is 22.0. The van der Waals surface area contributed by atoms with Crippen molar-refractivity contribution in [3.63, 3.8) is 0 Å². The van der Waals surface area contributed by atoms with Crippen molar-refractivity contribution in [3.8, 4) is 0 Å². The summed E-state index contributed by atoms with van der Waals surface area (Å²) < 4.78 is 31.9. The van der Waals surface area contributed by atoms with E-state index in [9.17, 15) is 18.4 Å². The summed E-state index contributed by atoms with van der Waals surface area (Å²) in [6.45, 7) is 2.40. The molecule has 3 aromatic rings. The Balaban J connectivity index is 1.34. The van der Waals surface area contributed by atoms with Crippen molar-refractivity contribution in [2.75, 3.05) is 6.54 Å². The lowest BCUT2D eigenvalue weighted by molar-refractivity contribution is -0.128. The Kier molecular flexibility index (Phi) is 5.75. The van der Waals surface area contributed by atoms with Crippen LogP contribution in [0.5, 0.6) is 0 Å². The molecule has 9 heteroatoms. The average molecular weight is 426 g/mol. The van der Waals surface area contributed by atoms with Crippen LogP contribution in [-0.2, 0) is 17.9 Å². The molecule has 1 aliphatic heterocycles. The molecule has 0 saturated carbocycles. The lowest BCUT2D eigenvalue weighted by Crippen LogP contribution is -2.24. The first-order valence-electron chi connectivity index (χ1n) is 9.78. The molecule has 160 valence electrons. The number of halogens is 2. The van der Waals surface area contributed by atoms with Gasteiger partial charge in [0.25, 0.3) is 5.91 Å². The van der Waals surface area contributed by atoms with Gasteiger partial charge in [0.1, 0.15) is 11.6 Å². The fourth-order valence-corrected chi connectivity index (χ4v) is 3.41. The summed E-state index contributed by atoms with van der Waals surface area (Å²) in [6, 6.07) is 10.2. The molecule has 1 aliphatic rings. The van der Waals surface area contributed by atoms with E-state index in [1.54, 1.807) is 24.0 Å². The van der Waals surface area contributed by atoms with Crippen LogP contribution in [0, 0.1) is 18.6 Å². The molecular weight excluding hydrogens is 406 g/mol. The first-order chi connectivity index (χ1) is 14.9. The van der Waals surface area contributed by atoms with E-state index < -0.39 is 11.7 Å². The van der Waals surface area contributed by atoms with Crippen molar-refractivity contribution in [3.05, 3.63) is 82.5 Å². The van der Waals surface area contributed by atoms with Crippen LogP contribution in [0.25, 0.3) is 0 Å². The third-order valence-corrected chi connectivity index (χ3v) is 5.18. The van der Waals surface area contributed by atoms with Gasteiger partial charge in [-0.1, -0.05) is 23.4 Å². The van der Waals surface area contributed by atoms with Crippen LogP contribution in [0.1, 0.15) is 45.5 Å². The average Bonchev–Trinajstić information content (AvgIpc) is 3.37. The first kappa shape index (κ1) is 20.6. The Morgan fingerprint density at radius 3 is 2.74 bits per heavy atom. The van der Waals surface area contributed by atoms with E-state index in [4.69, 9.17) is 4.52 Å². The van der Waals surface area contributed by atoms with Crippen molar-refractivity contribution in [1.29, 1.82) is 0 Å². The van der Waals surface area contributed by atoms with E-state index in [0.717, 1.165) is 5.56 Å². The SMILES string of the molecule is Cc1ccc(C(=O)NCc2nc([C@H]3CC(=O)N(Cc4ccc(F)cc4)C3)no2)cc1F. The second kappa shape index (κ2) is 8.63. The zero-order valence-corrected chi connectivity index (χ0v) is 16.8. The van der Waals surface area contributed by atoms with Crippen LogP contribution < -0.4 is 5.32 Å². The van der Waals surface area contributed by atoms with E-state index in [0.29, 0.717) is 24.5 Å². The van der Waals surface area contributed by atoms with Crippen molar-refractivity contribution < 1.29 is 22.9 Å². The minimum Gasteiger partial charge on any atom is -0.343 e. The molecule has 2 heterocycles. The number of nitrogens with one attached hydrogen (secondary N) is 1. The van der Waals surface area contributed by atoms with Crippen LogP contribution in [0.3, 0.4) is 0 Å². The number of carbonyl (C=O) groups excluding carboxylic acids is 2. The molecule has 0 spiro atoms. The van der Waals surface area contributed by atoms with E-state index >= 15 is 0 Å². The Morgan fingerprint density at radius 1 is 1.23 bits per heavy atom. The molecule has 1 fully saturated rings. The summed E-state index contributed by atoms with van der Waals surface area (Å²) in [5.41, 5.74) is 1.48.